The molecule has 2 aromatic carbocycles. The number of halogens is 2. The summed E-state index contributed by atoms with van der Waals surface area (Å²) in [6.07, 6.45) is -0.653. The number of amides is 1. The van der Waals surface area contributed by atoms with Gasteiger partial charge in [-0.3, -0.25) is 4.79 Å². The lowest BCUT2D eigenvalue weighted by atomic mass is 10.2. The third kappa shape index (κ3) is 4.37. The molecule has 1 unspecified atom stereocenters. The molecule has 0 aliphatic rings. The van der Waals surface area contributed by atoms with Crippen LogP contribution < -0.4 is 15.8 Å². The molecular weight excluding hydrogens is 356 g/mol. The molecule has 0 saturated heterocycles. The van der Waals surface area contributed by atoms with Gasteiger partial charge >= 0.3 is 0 Å². The first-order valence-electron chi connectivity index (χ1n) is 6.24. The quantitative estimate of drug-likeness (QED) is 0.798. The van der Waals surface area contributed by atoms with Crippen LogP contribution in [0.4, 0.5) is 11.4 Å². The zero-order chi connectivity index (χ0) is 15.4. The summed E-state index contributed by atoms with van der Waals surface area (Å²) in [5.74, 6) is 0.287. The maximum Gasteiger partial charge on any atom is 0.265 e. The summed E-state index contributed by atoms with van der Waals surface area (Å²) in [5, 5.41) is 3.32. The van der Waals surface area contributed by atoms with Crippen LogP contribution in [0.25, 0.3) is 0 Å². The van der Waals surface area contributed by atoms with E-state index in [2.05, 4.69) is 21.2 Å². The van der Waals surface area contributed by atoms with Crippen molar-refractivity contribution >= 4 is 44.8 Å². The van der Waals surface area contributed by atoms with Crippen LogP contribution in [-0.4, -0.2) is 12.0 Å². The van der Waals surface area contributed by atoms with E-state index >= 15 is 0 Å². The van der Waals surface area contributed by atoms with Gasteiger partial charge in [0.25, 0.3) is 5.91 Å². The number of hydrogen-bond acceptors (Lipinski definition) is 3. The van der Waals surface area contributed by atoms with Gasteiger partial charge < -0.3 is 15.8 Å². The molecule has 110 valence electrons. The van der Waals surface area contributed by atoms with E-state index < -0.39 is 6.10 Å². The average Bonchev–Trinajstić information content (AvgIpc) is 2.43. The van der Waals surface area contributed by atoms with Gasteiger partial charge in [0.1, 0.15) is 5.75 Å². The standard InChI is InChI=1S/C15H14BrClN2O2/c1-9(21-12-4-2-3-10(17)7-12)15(20)19-11-5-6-14(18)13(16)8-11/h2-9H,18H2,1H3,(H,19,20). The zero-order valence-electron chi connectivity index (χ0n) is 11.3. The largest absolute Gasteiger partial charge is 0.481 e. The summed E-state index contributed by atoms with van der Waals surface area (Å²) in [5.41, 5.74) is 6.95. The topological polar surface area (TPSA) is 64.3 Å². The van der Waals surface area contributed by atoms with Crippen LogP contribution in [0.1, 0.15) is 6.92 Å². The molecule has 2 rings (SSSR count). The summed E-state index contributed by atoms with van der Waals surface area (Å²) >= 11 is 9.18. The number of nitrogens with two attached hydrogens (primary N) is 1. The smallest absolute Gasteiger partial charge is 0.265 e. The molecule has 0 heterocycles. The van der Waals surface area contributed by atoms with E-state index in [1.165, 1.54) is 0 Å². The Kier molecular flexibility index (Phi) is 5.09. The molecule has 0 aliphatic carbocycles. The molecule has 0 saturated carbocycles. The maximum absolute atomic E-state index is 12.1. The van der Waals surface area contributed by atoms with Crippen molar-refractivity contribution in [3.8, 4) is 5.75 Å². The molecule has 6 heteroatoms. The summed E-state index contributed by atoms with van der Waals surface area (Å²) in [4.78, 5) is 12.1. The van der Waals surface area contributed by atoms with Gasteiger partial charge in [0.05, 0.1) is 0 Å². The molecular formula is C15H14BrClN2O2. The number of nitrogens with one attached hydrogen (secondary N) is 1. The van der Waals surface area contributed by atoms with Crippen molar-refractivity contribution in [1.29, 1.82) is 0 Å². The summed E-state index contributed by atoms with van der Waals surface area (Å²) in [7, 11) is 0. The van der Waals surface area contributed by atoms with Crippen LogP contribution >= 0.6 is 27.5 Å². The normalized spacial score (nSPS) is 11.8. The predicted octanol–water partition coefficient (Wildman–Crippen LogP) is 4.09. The third-order valence-electron chi connectivity index (χ3n) is 2.75. The minimum Gasteiger partial charge on any atom is -0.481 e. The van der Waals surface area contributed by atoms with Gasteiger partial charge in [-0.15, -0.1) is 0 Å². The van der Waals surface area contributed by atoms with Crippen molar-refractivity contribution in [1.82, 2.24) is 0 Å². The van der Waals surface area contributed by atoms with Crippen LogP contribution in [0.2, 0.25) is 5.02 Å². The molecule has 2 aromatic rings. The van der Waals surface area contributed by atoms with E-state index in [0.29, 0.717) is 22.1 Å². The van der Waals surface area contributed by atoms with E-state index in [1.54, 1.807) is 49.4 Å². The molecule has 0 radical (unpaired) electrons. The van der Waals surface area contributed by atoms with Crippen LogP contribution in [0.3, 0.4) is 0 Å². The fourth-order valence-electron chi connectivity index (χ4n) is 1.65. The Labute approximate surface area is 136 Å². The van der Waals surface area contributed by atoms with Gasteiger partial charge in [-0.25, -0.2) is 0 Å². The van der Waals surface area contributed by atoms with E-state index in [1.807, 2.05) is 0 Å². The van der Waals surface area contributed by atoms with E-state index in [4.69, 9.17) is 22.1 Å². The number of carbonyl (C=O) groups is 1. The second kappa shape index (κ2) is 6.83. The molecule has 0 spiro atoms. The Morgan fingerprint density at radius 3 is 2.76 bits per heavy atom. The van der Waals surface area contributed by atoms with Crippen LogP contribution in [0.5, 0.6) is 5.75 Å². The molecule has 0 aromatic heterocycles. The highest BCUT2D eigenvalue weighted by atomic mass is 79.9. The minimum atomic E-state index is -0.653. The zero-order valence-corrected chi connectivity index (χ0v) is 13.6. The molecule has 0 bridgehead atoms. The first-order chi connectivity index (χ1) is 9.95. The molecule has 0 aliphatic heterocycles. The number of rotatable bonds is 4. The number of hydrogen-bond donors (Lipinski definition) is 2. The lowest BCUT2D eigenvalue weighted by Crippen LogP contribution is -2.30. The fourth-order valence-corrected chi connectivity index (χ4v) is 2.21. The van der Waals surface area contributed by atoms with Gasteiger partial charge in [0, 0.05) is 20.9 Å². The first-order valence-corrected chi connectivity index (χ1v) is 7.41. The van der Waals surface area contributed by atoms with Crippen LogP contribution in [0.15, 0.2) is 46.9 Å². The molecule has 1 atom stereocenters. The molecule has 1 amide bonds. The van der Waals surface area contributed by atoms with E-state index in [9.17, 15) is 4.79 Å². The average molecular weight is 370 g/mol. The van der Waals surface area contributed by atoms with E-state index in [0.717, 1.165) is 4.47 Å². The molecule has 3 N–H and O–H groups in total. The predicted molar refractivity (Wildman–Crippen MR) is 88.7 cm³/mol. The summed E-state index contributed by atoms with van der Waals surface area (Å²) < 4.78 is 6.28. The van der Waals surface area contributed by atoms with Gasteiger partial charge in [-0.05, 0) is 59.3 Å². The highest BCUT2D eigenvalue weighted by molar-refractivity contribution is 9.10. The number of nitrogen functional groups attached to an aromatic ring is 1. The third-order valence-corrected chi connectivity index (χ3v) is 3.67. The highest BCUT2D eigenvalue weighted by Gasteiger charge is 2.15. The van der Waals surface area contributed by atoms with Crippen LogP contribution in [-0.2, 0) is 4.79 Å². The number of carbonyl (C=O) groups excluding carboxylic acids is 1. The minimum absolute atomic E-state index is 0.258. The lowest BCUT2D eigenvalue weighted by molar-refractivity contribution is -0.122. The van der Waals surface area contributed by atoms with Gasteiger partial charge in [-0.1, -0.05) is 17.7 Å². The lowest BCUT2D eigenvalue weighted by Gasteiger charge is -2.15. The Balaban J connectivity index is 2.00. The van der Waals surface area contributed by atoms with Crippen molar-refractivity contribution in [2.45, 2.75) is 13.0 Å². The SMILES string of the molecule is CC(Oc1cccc(Cl)c1)C(=O)Nc1ccc(N)c(Br)c1. The Hall–Kier alpha value is -1.72. The molecule has 4 nitrogen and oxygen atoms in total. The fraction of sp³-hybridized carbons (Fsp3) is 0.133. The summed E-state index contributed by atoms with van der Waals surface area (Å²) in [6, 6.07) is 12.1. The van der Waals surface area contributed by atoms with Crippen molar-refractivity contribution in [3.05, 3.63) is 52.0 Å². The monoisotopic (exact) mass is 368 g/mol. The van der Waals surface area contributed by atoms with Crippen molar-refractivity contribution < 1.29 is 9.53 Å². The second-order valence-corrected chi connectivity index (χ2v) is 5.73. The number of ether oxygens (including phenoxy) is 1. The number of benzene rings is 2. The number of anilines is 2. The van der Waals surface area contributed by atoms with Crippen LogP contribution in [0, 0.1) is 0 Å². The Morgan fingerprint density at radius 2 is 2.10 bits per heavy atom. The van der Waals surface area contributed by atoms with Crippen molar-refractivity contribution in [3.63, 3.8) is 0 Å². The van der Waals surface area contributed by atoms with Crippen molar-refractivity contribution in [2.75, 3.05) is 11.1 Å². The summed E-state index contributed by atoms with van der Waals surface area (Å²) in [6.45, 7) is 1.67. The van der Waals surface area contributed by atoms with Gasteiger partial charge in [-0.2, -0.15) is 0 Å². The highest BCUT2D eigenvalue weighted by Crippen LogP contribution is 2.23. The molecule has 0 fully saturated rings. The maximum atomic E-state index is 12.1. The first kappa shape index (κ1) is 15.7. The van der Waals surface area contributed by atoms with Gasteiger partial charge in [0.15, 0.2) is 6.10 Å². The Morgan fingerprint density at radius 1 is 1.33 bits per heavy atom. The van der Waals surface area contributed by atoms with Gasteiger partial charge in [0.2, 0.25) is 0 Å². The van der Waals surface area contributed by atoms with E-state index in [-0.39, 0.29) is 5.91 Å². The van der Waals surface area contributed by atoms with Crippen molar-refractivity contribution in [2.24, 2.45) is 0 Å². The molecule has 21 heavy (non-hydrogen) atoms. The Bertz CT molecular complexity index is 664. The second-order valence-electron chi connectivity index (χ2n) is 4.44.